The zero-order valence-corrected chi connectivity index (χ0v) is 11.8. The molecule has 1 aromatic carbocycles. The highest BCUT2D eigenvalue weighted by Gasteiger charge is 2.54. The van der Waals surface area contributed by atoms with E-state index in [1.54, 1.807) is 31.2 Å². The van der Waals surface area contributed by atoms with E-state index in [0.717, 1.165) is 5.56 Å². The highest BCUT2D eigenvalue weighted by Crippen LogP contribution is 2.28. The minimum Gasteiger partial charge on any atom is -0.351 e. The van der Waals surface area contributed by atoms with Crippen LogP contribution in [0.2, 0.25) is 5.02 Å². The molecule has 0 aliphatic rings. The summed E-state index contributed by atoms with van der Waals surface area (Å²) in [5, 5.41) is 2.84. The van der Waals surface area contributed by atoms with E-state index in [4.69, 9.17) is 17.3 Å². The van der Waals surface area contributed by atoms with Crippen molar-refractivity contribution in [3.63, 3.8) is 0 Å². The van der Waals surface area contributed by atoms with E-state index in [9.17, 15) is 18.0 Å². The van der Waals surface area contributed by atoms with Gasteiger partial charge in [-0.3, -0.25) is 4.79 Å². The molecular weight excluding hydrogens is 293 g/mol. The molecule has 1 aromatic rings. The van der Waals surface area contributed by atoms with Crippen LogP contribution in [0.3, 0.4) is 0 Å². The average Bonchev–Trinajstić information content (AvgIpc) is 2.30. The molecule has 0 heterocycles. The predicted octanol–water partition coefficient (Wildman–Crippen LogP) is 2.67. The molecule has 0 saturated heterocycles. The van der Waals surface area contributed by atoms with Crippen LogP contribution >= 0.6 is 11.6 Å². The number of benzene rings is 1. The van der Waals surface area contributed by atoms with Crippen LogP contribution in [0.1, 0.15) is 19.4 Å². The fourth-order valence-corrected chi connectivity index (χ4v) is 1.65. The Morgan fingerprint density at radius 3 is 2.30 bits per heavy atom. The Kier molecular flexibility index (Phi) is 5.05. The molecule has 2 atom stereocenters. The summed E-state index contributed by atoms with van der Waals surface area (Å²) in [5.74, 6) is -1.24. The zero-order valence-electron chi connectivity index (χ0n) is 11.1. The van der Waals surface area contributed by atoms with Crippen LogP contribution < -0.4 is 11.1 Å². The number of nitrogens with two attached hydrogens (primary N) is 1. The molecule has 0 aliphatic carbocycles. The van der Waals surface area contributed by atoms with Crippen molar-refractivity contribution in [2.24, 2.45) is 5.73 Å². The smallest absolute Gasteiger partial charge is 0.351 e. The highest BCUT2D eigenvalue weighted by molar-refractivity contribution is 6.30. The first kappa shape index (κ1) is 16.8. The minimum atomic E-state index is -4.79. The van der Waals surface area contributed by atoms with E-state index in [1.165, 1.54) is 0 Å². The Hall–Kier alpha value is -1.27. The summed E-state index contributed by atoms with van der Waals surface area (Å²) in [4.78, 5) is 11.6. The van der Waals surface area contributed by atoms with Gasteiger partial charge in [0.2, 0.25) is 5.91 Å². The monoisotopic (exact) mass is 308 g/mol. The number of hydrogen-bond acceptors (Lipinski definition) is 2. The maximum atomic E-state index is 12.6. The number of carbonyl (C=O) groups is 1. The molecule has 0 spiro atoms. The third kappa shape index (κ3) is 4.11. The Morgan fingerprint density at radius 2 is 1.85 bits per heavy atom. The second-order valence-electron chi connectivity index (χ2n) is 4.91. The van der Waals surface area contributed by atoms with Crippen molar-refractivity contribution in [2.75, 3.05) is 0 Å². The van der Waals surface area contributed by atoms with Crippen molar-refractivity contribution >= 4 is 17.5 Å². The largest absolute Gasteiger partial charge is 0.415 e. The summed E-state index contributed by atoms with van der Waals surface area (Å²) in [5.41, 5.74) is 3.00. The van der Waals surface area contributed by atoms with Crippen molar-refractivity contribution in [3.8, 4) is 0 Å². The first-order valence-corrected chi connectivity index (χ1v) is 6.33. The van der Waals surface area contributed by atoms with Crippen molar-refractivity contribution in [2.45, 2.75) is 38.0 Å². The van der Waals surface area contributed by atoms with E-state index in [2.05, 4.69) is 5.32 Å². The number of carbonyl (C=O) groups excluding carboxylic acids is 1. The first-order chi connectivity index (χ1) is 9.04. The van der Waals surface area contributed by atoms with Crippen molar-refractivity contribution in [1.82, 2.24) is 5.32 Å². The fourth-order valence-electron chi connectivity index (χ4n) is 1.53. The van der Waals surface area contributed by atoms with E-state index in [0.29, 0.717) is 18.4 Å². The predicted molar refractivity (Wildman–Crippen MR) is 71.4 cm³/mol. The van der Waals surface area contributed by atoms with Gasteiger partial charge in [-0.05, 0) is 38.0 Å². The van der Waals surface area contributed by atoms with E-state index in [1.807, 2.05) is 0 Å². The SMILES string of the molecule is CC(Cc1ccc(Cl)cc1)NC(=O)C(C)(N)C(F)(F)F. The Balaban J connectivity index is 2.64. The molecule has 3 nitrogen and oxygen atoms in total. The van der Waals surface area contributed by atoms with Gasteiger partial charge in [0.05, 0.1) is 0 Å². The normalized spacial score (nSPS) is 16.4. The molecule has 0 aliphatic heterocycles. The van der Waals surface area contributed by atoms with Crippen molar-refractivity contribution < 1.29 is 18.0 Å². The molecule has 1 amide bonds. The maximum Gasteiger partial charge on any atom is 0.415 e. The summed E-state index contributed by atoms with van der Waals surface area (Å²) < 4.78 is 37.8. The lowest BCUT2D eigenvalue weighted by atomic mass is 10.0. The Labute approximate surface area is 120 Å². The van der Waals surface area contributed by atoms with Crippen molar-refractivity contribution in [1.29, 1.82) is 0 Å². The van der Waals surface area contributed by atoms with E-state index >= 15 is 0 Å². The molecule has 3 N–H and O–H groups in total. The molecule has 7 heteroatoms. The van der Waals surface area contributed by atoms with Gasteiger partial charge in [-0.1, -0.05) is 23.7 Å². The lowest BCUT2D eigenvalue weighted by Crippen LogP contribution is -2.62. The topological polar surface area (TPSA) is 55.1 Å². The van der Waals surface area contributed by atoms with Crippen LogP contribution in [0.4, 0.5) is 13.2 Å². The second-order valence-corrected chi connectivity index (χ2v) is 5.34. The summed E-state index contributed by atoms with van der Waals surface area (Å²) in [6.07, 6.45) is -4.41. The van der Waals surface area contributed by atoms with E-state index in [-0.39, 0.29) is 0 Å². The van der Waals surface area contributed by atoms with Gasteiger partial charge < -0.3 is 11.1 Å². The van der Waals surface area contributed by atoms with Gasteiger partial charge in [-0.25, -0.2) is 0 Å². The fraction of sp³-hybridized carbons (Fsp3) is 0.462. The number of alkyl halides is 3. The average molecular weight is 309 g/mol. The molecule has 112 valence electrons. The molecule has 0 radical (unpaired) electrons. The van der Waals surface area contributed by atoms with Gasteiger partial charge in [0.15, 0.2) is 5.54 Å². The van der Waals surface area contributed by atoms with E-state index < -0.39 is 23.7 Å². The van der Waals surface area contributed by atoms with Crippen LogP contribution in [0.15, 0.2) is 24.3 Å². The minimum absolute atomic E-state index is 0.386. The van der Waals surface area contributed by atoms with Crippen LogP contribution in [0.25, 0.3) is 0 Å². The van der Waals surface area contributed by atoms with Gasteiger partial charge in [0.1, 0.15) is 0 Å². The van der Waals surface area contributed by atoms with Gasteiger partial charge >= 0.3 is 6.18 Å². The van der Waals surface area contributed by atoms with Crippen LogP contribution in [-0.2, 0) is 11.2 Å². The Morgan fingerprint density at radius 1 is 1.35 bits per heavy atom. The van der Waals surface area contributed by atoms with Gasteiger partial charge in [0, 0.05) is 11.1 Å². The third-order valence-corrected chi connectivity index (χ3v) is 3.15. The number of rotatable bonds is 4. The quantitative estimate of drug-likeness (QED) is 0.898. The second kappa shape index (κ2) is 6.01. The van der Waals surface area contributed by atoms with Gasteiger partial charge in [-0.15, -0.1) is 0 Å². The molecule has 0 bridgehead atoms. The van der Waals surface area contributed by atoms with Gasteiger partial charge in [-0.2, -0.15) is 13.2 Å². The molecule has 2 unspecified atom stereocenters. The van der Waals surface area contributed by atoms with Crippen LogP contribution in [-0.4, -0.2) is 23.7 Å². The lowest BCUT2D eigenvalue weighted by Gasteiger charge is -2.28. The summed E-state index contributed by atoms with van der Waals surface area (Å²) in [7, 11) is 0. The number of nitrogens with one attached hydrogen (secondary N) is 1. The molecule has 0 fully saturated rings. The summed E-state index contributed by atoms with van der Waals surface area (Å²) >= 11 is 5.73. The number of halogens is 4. The maximum absolute atomic E-state index is 12.6. The highest BCUT2D eigenvalue weighted by atomic mass is 35.5. The van der Waals surface area contributed by atoms with Crippen LogP contribution in [0, 0.1) is 0 Å². The molecular formula is C13H16ClF3N2O. The number of amides is 1. The first-order valence-electron chi connectivity index (χ1n) is 5.95. The molecule has 1 rings (SSSR count). The van der Waals surface area contributed by atoms with Crippen LogP contribution in [0.5, 0.6) is 0 Å². The summed E-state index contributed by atoms with van der Waals surface area (Å²) in [6, 6.07) is 6.36. The lowest BCUT2D eigenvalue weighted by molar-refractivity contribution is -0.187. The van der Waals surface area contributed by atoms with Crippen molar-refractivity contribution in [3.05, 3.63) is 34.9 Å². The summed E-state index contributed by atoms with van der Waals surface area (Å²) in [6.45, 7) is 2.26. The number of hydrogen-bond donors (Lipinski definition) is 2. The zero-order chi connectivity index (χ0) is 15.6. The Bertz CT molecular complexity index is 471. The third-order valence-electron chi connectivity index (χ3n) is 2.89. The van der Waals surface area contributed by atoms with Gasteiger partial charge in [0.25, 0.3) is 0 Å². The molecule has 0 saturated carbocycles. The standard InChI is InChI=1S/C13H16ClF3N2O/c1-8(7-9-3-5-10(14)6-4-9)19-11(20)12(2,18)13(15,16)17/h3-6,8H,7,18H2,1-2H3,(H,19,20). The molecule has 0 aromatic heterocycles. The molecule has 20 heavy (non-hydrogen) atoms.